The SMILES string of the molecule is C[C@@H](COc1ccc2nc(-c3ccc(OCC4CC4)c(F)c3)oc2c1)NC(=O)N(C)C. The summed E-state index contributed by atoms with van der Waals surface area (Å²) in [6.45, 7) is 2.72. The normalized spacial score (nSPS) is 14.3. The maximum atomic E-state index is 14.4. The molecule has 4 rings (SSSR count). The van der Waals surface area contributed by atoms with Gasteiger partial charge < -0.3 is 24.1 Å². The van der Waals surface area contributed by atoms with Crippen molar-refractivity contribution in [2.24, 2.45) is 5.92 Å². The third-order valence-electron chi connectivity index (χ3n) is 4.99. The van der Waals surface area contributed by atoms with Gasteiger partial charge in [0.25, 0.3) is 0 Å². The van der Waals surface area contributed by atoms with E-state index in [4.69, 9.17) is 13.9 Å². The number of nitrogens with one attached hydrogen (secondary N) is 1. The van der Waals surface area contributed by atoms with Crippen molar-refractivity contribution >= 4 is 17.1 Å². The predicted octanol–water partition coefficient (Wildman–Crippen LogP) is 4.46. The number of carbonyl (C=O) groups is 1. The lowest BCUT2D eigenvalue weighted by Gasteiger charge is -2.18. The van der Waals surface area contributed by atoms with Crippen molar-refractivity contribution in [3.8, 4) is 23.0 Å². The Labute approximate surface area is 180 Å². The Balaban J connectivity index is 1.42. The minimum atomic E-state index is -0.432. The molecule has 0 unspecified atom stereocenters. The van der Waals surface area contributed by atoms with E-state index in [1.54, 1.807) is 44.4 Å². The number of hydrogen-bond donors (Lipinski definition) is 1. The Hall–Kier alpha value is -3.29. The molecule has 31 heavy (non-hydrogen) atoms. The highest BCUT2D eigenvalue weighted by molar-refractivity contribution is 5.77. The van der Waals surface area contributed by atoms with E-state index in [-0.39, 0.29) is 17.8 Å². The summed E-state index contributed by atoms with van der Waals surface area (Å²) in [5, 5.41) is 2.82. The van der Waals surface area contributed by atoms with Gasteiger partial charge in [0, 0.05) is 25.7 Å². The number of rotatable bonds is 8. The van der Waals surface area contributed by atoms with Crippen LogP contribution in [0.1, 0.15) is 19.8 Å². The highest BCUT2D eigenvalue weighted by atomic mass is 19.1. The number of ether oxygens (including phenoxy) is 2. The van der Waals surface area contributed by atoms with Gasteiger partial charge in [0.2, 0.25) is 5.89 Å². The molecule has 164 valence electrons. The maximum Gasteiger partial charge on any atom is 0.317 e. The zero-order valence-electron chi connectivity index (χ0n) is 17.9. The molecular weight excluding hydrogens is 401 g/mol. The van der Waals surface area contributed by atoms with Gasteiger partial charge in [-0.05, 0) is 56.0 Å². The van der Waals surface area contributed by atoms with Gasteiger partial charge >= 0.3 is 6.03 Å². The second-order valence-electron chi connectivity index (χ2n) is 8.10. The van der Waals surface area contributed by atoms with Gasteiger partial charge in [0.15, 0.2) is 17.1 Å². The molecule has 0 saturated heterocycles. The quantitative estimate of drug-likeness (QED) is 0.574. The van der Waals surface area contributed by atoms with E-state index in [2.05, 4.69) is 10.3 Å². The highest BCUT2D eigenvalue weighted by Crippen LogP contribution is 2.32. The molecule has 0 spiro atoms. The van der Waals surface area contributed by atoms with Crippen LogP contribution in [0.3, 0.4) is 0 Å². The average Bonchev–Trinajstić information content (AvgIpc) is 3.47. The summed E-state index contributed by atoms with van der Waals surface area (Å²) in [6.07, 6.45) is 2.30. The van der Waals surface area contributed by atoms with Crippen LogP contribution in [-0.2, 0) is 0 Å². The minimum absolute atomic E-state index is 0.167. The Morgan fingerprint density at radius 1 is 1.26 bits per heavy atom. The summed E-state index contributed by atoms with van der Waals surface area (Å²) in [5.41, 5.74) is 1.72. The molecule has 8 heteroatoms. The molecule has 1 aliphatic rings. The lowest BCUT2D eigenvalue weighted by Crippen LogP contribution is -2.42. The molecule has 1 heterocycles. The van der Waals surface area contributed by atoms with Gasteiger partial charge in [-0.2, -0.15) is 0 Å². The van der Waals surface area contributed by atoms with Gasteiger partial charge in [-0.15, -0.1) is 0 Å². The molecule has 1 N–H and O–H groups in total. The zero-order valence-corrected chi connectivity index (χ0v) is 17.9. The number of benzene rings is 2. The fourth-order valence-corrected chi connectivity index (χ4v) is 2.96. The molecule has 1 atom stereocenters. The van der Waals surface area contributed by atoms with Crippen molar-refractivity contribution in [3.05, 3.63) is 42.2 Å². The van der Waals surface area contributed by atoms with E-state index in [1.807, 2.05) is 6.92 Å². The number of hydrogen-bond acceptors (Lipinski definition) is 5. The molecule has 0 aliphatic heterocycles. The topological polar surface area (TPSA) is 76.8 Å². The van der Waals surface area contributed by atoms with Crippen molar-refractivity contribution in [1.82, 2.24) is 15.2 Å². The van der Waals surface area contributed by atoms with Crippen LogP contribution in [0.25, 0.3) is 22.6 Å². The minimum Gasteiger partial charge on any atom is -0.491 e. The number of halogens is 1. The summed E-state index contributed by atoms with van der Waals surface area (Å²) >= 11 is 0. The van der Waals surface area contributed by atoms with Gasteiger partial charge in [0.05, 0.1) is 12.6 Å². The third kappa shape index (κ3) is 5.25. The average molecular weight is 427 g/mol. The van der Waals surface area contributed by atoms with Crippen molar-refractivity contribution in [2.75, 3.05) is 27.3 Å². The number of carbonyl (C=O) groups excluding carboxylic acids is 1. The van der Waals surface area contributed by atoms with Crippen molar-refractivity contribution in [2.45, 2.75) is 25.8 Å². The fourth-order valence-electron chi connectivity index (χ4n) is 2.96. The standard InChI is InChI=1S/C23H26FN3O4/c1-14(25-23(28)27(2)3)12-29-17-7-8-19-21(11-17)31-22(26-19)16-6-9-20(18(24)10-16)30-13-15-4-5-15/h6-11,14-15H,4-5,12-13H2,1-3H3,(H,25,28)/t14-/m0/s1. The number of aromatic nitrogens is 1. The Bertz CT molecular complexity index is 1080. The molecule has 7 nitrogen and oxygen atoms in total. The monoisotopic (exact) mass is 427 g/mol. The van der Waals surface area contributed by atoms with Crippen molar-refractivity contribution in [3.63, 3.8) is 0 Å². The molecule has 2 aromatic carbocycles. The van der Waals surface area contributed by atoms with Gasteiger partial charge in [0.1, 0.15) is 17.9 Å². The lowest BCUT2D eigenvalue weighted by atomic mass is 10.2. The van der Waals surface area contributed by atoms with Crippen molar-refractivity contribution < 1.29 is 23.1 Å². The van der Waals surface area contributed by atoms with E-state index in [1.165, 1.54) is 11.0 Å². The van der Waals surface area contributed by atoms with Gasteiger partial charge in [-0.25, -0.2) is 14.2 Å². The van der Waals surface area contributed by atoms with E-state index in [9.17, 15) is 9.18 Å². The van der Waals surface area contributed by atoms with Crippen LogP contribution >= 0.6 is 0 Å². The Morgan fingerprint density at radius 3 is 2.77 bits per heavy atom. The van der Waals surface area contributed by atoms with Gasteiger partial charge in [-0.1, -0.05) is 0 Å². The fraction of sp³-hybridized carbons (Fsp3) is 0.391. The van der Waals surface area contributed by atoms with Crippen molar-refractivity contribution in [1.29, 1.82) is 0 Å². The highest BCUT2D eigenvalue weighted by Gasteiger charge is 2.22. The summed E-state index contributed by atoms with van der Waals surface area (Å²) in [7, 11) is 3.36. The van der Waals surface area contributed by atoms with E-state index < -0.39 is 5.82 Å². The molecule has 2 amide bonds. The first-order valence-corrected chi connectivity index (χ1v) is 10.3. The van der Waals surface area contributed by atoms with Crippen LogP contribution in [0.2, 0.25) is 0 Å². The summed E-state index contributed by atoms with van der Waals surface area (Å²) < 4.78 is 31.5. The summed E-state index contributed by atoms with van der Waals surface area (Å²) in [4.78, 5) is 17.6. The molecule has 0 bridgehead atoms. The van der Waals surface area contributed by atoms with Crippen LogP contribution in [0, 0.1) is 11.7 Å². The van der Waals surface area contributed by atoms with Crippen LogP contribution in [-0.4, -0.2) is 49.3 Å². The van der Waals surface area contributed by atoms with E-state index >= 15 is 0 Å². The third-order valence-corrected chi connectivity index (χ3v) is 4.99. The Kier molecular flexibility index (Phi) is 5.97. The smallest absolute Gasteiger partial charge is 0.317 e. The number of urea groups is 1. The molecule has 1 fully saturated rings. The second kappa shape index (κ2) is 8.83. The maximum absolute atomic E-state index is 14.4. The predicted molar refractivity (Wildman–Crippen MR) is 115 cm³/mol. The number of amides is 2. The molecule has 1 aliphatic carbocycles. The number of oxazole rings is 1. The second-order valence-corrected chi connectivity index (χ2v) is 8.10. The zero-order chi connectivity index (χ0) is 22.0. The van der Waals surface area contributed by atoms with E-state index in [0.717, 1.165) is 12.8 Å². The molecule has 0 radical (unpaired) electrons. The Morgan fingerprint density at radius 2 is 2.06 bits per heavy atom. The molecular formula is C23H26FN3O4. The van der Waals surface area contributed by atoms with E-state index in [0.29, 0.717) is 47.4 Å². The lowest BCUT2D eigenvalue weighted by molar-refractivity contribution is 0.205. The number of fused-ring (bicyclic) bond motifs is 1. The molecule has 3 aromatic rings. The summed E-state index contributed by atoms with van der Waals surface area (Å²) in [5.74, 6) is 1.29. The van der Waals surface area contributed by atoms with Crippen LogP contribution in [0.15, 0.2) is 40.8 Å². The van der Waals surface area contributed by atoms with Gasteiger partial charge in [-0.3, -0.25) is 0 Å². The van der Waals surface area contributed by atoms with Crippen LogP contribution in [0.4, 0.5) is 9.18 Å². The molecule has 1 aromatic heterocycles. The number of nitrogens with zero attached hydrogens (tertiary/aromatic N) is 2. The molecule has 1 saturated carbocycles. The first-order chi connectivity index (χ1) is 14.9. The van der Waals surface area contributed by atoms with Crippen LogP contribution in [0.5, 0.6) is 11.5 Å². The largest absolute Gasteiger partial charge is 0.491 e. The van der Waals surface area contributed by atoms with Crippen LogP contribution < -0.4 is 14.8 Å². The summed E-state index contributed by atoms with van der Waals surface area (Å²) in [6, 6.07) is 9.67. The first kappa shape index (κ1) is 21.0. The first-order valence-electron chi connectivity index (χ1n) is 10.3.